The maximum atomic E-state index is 12.2. The predicted molar refractivity (Wildman–Crippen MR) is 75.5 cm³/mol. The van der Waals surface area contributed by atoms with Crippen LogP contribution in [0, 0.1) is 13.8 Å². The average molecular weight is 319 g/mol. The summed E-state index contributed by atoms with van der Waals surface area (Å²) in [5.41, 5.74) is 1.72. The molecule has 4 heteroatoms. The normalized spacial score (nSPS) is 11.1. The molecule has 3 rings (SSSR count). The summed E-state index contributed by atoms with van der Waals surface area (Å²) in [5.74, 6) is 1.07. The van der Waals surface area contributed by atoms with Crippen molar-refractivity contribution in [1.82, 2.24) is 0 Å². The molecule has 2 heterocycles. The van der Waals surface area contributed by atoms with Crippen LogP contribution in [-0.2, 0) is 0 Å². The lowest BCUT2D eigenvalue weighted by atomic mass is 10.1. The second-order valence-corrected chi connectivity index (χ2v) is 5.41. The molecular formula is C15H11BrO3. The molecule has 0 saturated heterocycles. The van der Waals surface area contributed by atoms with Crippen LogP contribution in [0.15, 0.2) is 43.6 Å². The summed E-state index contributed by atoms with van der Waals surface area (Å²) in [7, 11) is 0. The maximum Gasteiger partial charge on any atom is 0.263 e. The van der Waals surface area contributed by atoms with Gasteiger partial charge >= 0.3 is 0 Å². The average Bonchev–Trinajstić information content (AvgIpc) is 2.94. The number of hydrogen-bond acceptors (Lipinski definition) is 3. The Kier molecular flexibility index (Phi) is 2.82. The van der Waals surface area contributed by atoms with Gasteiger partial charge in [0.05, 0.1) is 0 Å². The molecule has 0 spiro atoms. The third kappa shape index (κ3) is 2.12. The van der Waals surface area contributed by atoms with E-state index in [0.717, 1.165) is 21.0 Å². The van der Waals surface area contributed by atoms with Crippen molar-refractivity contribution in [3.05, 3.63) is 57.6 Å². The van der Waals surface area contributed by atoms with Crippen molar-refractivity contribution in [2.24, 2.45) is 0 Å². The van der Waals surface area contributed by atoms with Crippen LogP contribution in [0.2, 0.25) is 0 Å². The molecule has 19 heavy (non-hydrogen) atoms. The lowest BCUT2D eigenvalue weighted by Crippen LogP contribution is -1.96. The molecule has 0 aliphatic heterocycles. The molecule has 2 aromatic heterocycles. The van der Waals surface area contributed by atoms with Gasteiger partial charge in [-0.2, -0.15) is 0 Å². The van der Waals surface area contributed by atoms with Crippen molar-refractivity contribution in [2.45, 2.75) is 13.8 Å². The highest BCUT2D eigenvalue weighted by Crippen LogP contribution is 2.28. The van der Waals surface area contributed by atoms with Crippen LogP contribution in [0.25, 0.3) is 11.0 Å². The number of rotatable bonds is 2. The minimum absolute atomic E-state index is 0.236. The monoisotopic (exact) mass is 318 g/mol. The van der Waals surface area contributed by atoms with Crippen LogP contribution in [-0.4, -0.2) is 5.78 Å². The molecule has 0 N–H and O–H groups in total. The van der Waals surface area contributed by atoms with Crippen LogP contribution < -0.4 is 0 Å². The topological polar surface area (TPSA) is 43.4 Å². The second-order valence-electron chi connectivity index (χ2n) is 4.49. The summed E-state index contributed by atoms with van der Waals surface area (Å²) < 4.78 is 11.9. The van der Waals surface area contributed by atoms with Gasteiger partial charge in [-0.05, 0) is 49.7 Å². The number of hydrogen-bond donors (Lipinski definition) is 0. The standard InChI is InChI=1S/C15H11BrO3/c1-8-5-11(16)6-10-7-13(19-15(8)10)14(17)12-4-3-9(2)18-12/h3-7H,1-2H3. The van der Waals surface area contributed by atoms with E-state index >= 15 is 0 Å². The summed E-state index contributed by atoms with van der Waals surface area (Å²) >= 11 is 3.43. The first-order chi connectivity index (χ1) is 9.04. The number of carbonyl (C=O) groups is 1. The van der Waals surface area contributed by atoms with Gasteiger partial charge < -0.3 is 8.83 Å². The zero-order valence-corrected chi connectivity index (χ0v) is 12.1. The number of benzene rings is 1. The molecule has 0 aliphatic carbocycles. The number of ketones is 1. The van der Waals surface area contributed by atoms with E-state index in [1.165, 1.54) is 0 Å². The van der Waals surface area contributed by atoms with Crippen LogP contribution in [0.3, 0.4) is 0 Å². The summed E-state index contributed by atoms with van der Waals surface area (Å²) in [4.78, 5) is 12.2. The van der Waals surface area contributed by atoms with Crippen LogP contribution >= 0.6 is 15.9 Å². The Morgan fingerprint density at radius 3 is 2.53 bits per heavy atom. The van der Waals surface area contributed by atoms with E-state index in [1.54, 1.807) is 25.1 Å². The lowest BCUT2D eigenvalue weighted by molar-refractivity contribution is 0.0984. The third-order valence-electron chi connectivity index (χ3n) is 2.95. The van der Waals surface area contributed by atoms with Gasteiger partial charge in [0.1, 0.15) is 11.3 Å². The molecule has 96 valence electrons. The minimum Gasteiger partial charge on any atom is -0.458 e. The number of aryl methyl sites for hydroxylation is 2. The molecule has 0 saturated carbocycles. The molecule has 0 atom stereocenters. The predicted octanol–water partition coefficient (Wildman–Crippen LogP) is 4.64. The highest BCUT2D eigenvalue weighted by molar-refractivity contribution is 9.10. The molecule has 0 amide bonds. The lowest BCUT2D eigenvalue weighted by Gasteiger charge is -1.95. The van der Waals surface area contributed by atoms with Crippen molar-refractivity contribution >= 4 is 32.7 Å². The van der Waals surface area contributed by atoms with Gasteiger partial charge in [-0.15, -0.1) is 0 Å². The molecule has 0 bridgehead atoms. The number of carbonyl (C=O) groups excluding carboxylic acids is 1. The van der Waals surface area contributed by atoms with Gasteiger partial charge in [0.25, 0.3) is 5.78 Å². The van der Waals surface area contributed by atoms with Crippen LogP contribution in [0.5, 0.6) is 0 Å². The first-order valence-corrected chi connectivity index (χ1v) is 6.65. The fraction of sp³-hybridized carbons (Fsp3) is 0.133. The number of furan rings is 2. The van der Waals surface area contributed by atoms with E-state index in [4.69, 9.17) is 8.83 Å². The summed E-state index contributed by atoms with van der Waals surface area (Å²) in [5, 5.41) is 0.901. The van der Waals surface area contributed by atoms with E-state index in [9.17, 15) is 4.79 Å². The Hall–Kier alpha value is -1.81. The molecule has 0 unspecified atom stereocenters. The van der Waals surface area contributed by atoms with Gasteiger partial charge in [-0.3, -0.25) is 4.79 Å². The minimum atomic E-state index is -0.236. The zero-order chi connectivity index (χ0) is 13.6. The molecule has 0 fully saturated rings. The molecule has 1 aromatic carbocycles. The summed E-state index contributed by atoms with van der Waals surface area (Å²) in [6.45, 7) is 3.75. The van der Waals surface area contributed by atoms with Crippen LogP contribution in [0.1, 0.15) is 27.6 Å². The van der Waals surface area contributed by atoms with E-state index < -0.39 is 0 Å². The van der Waals surface area contributed by atoms with E-state index in [1.807, 2.05) is 19.1 Å². The summed E-state index contributed by atoms with van der Waals surface area (Å²) in [6, 6.07) is 9.05. The van der Waals surface area contributed by atoms with Crippen molar-refractivity contribution in [1.29, 1.82) is 0 Å². The number of halogens is 1. The van der Waals surface area contributed by atoms with Crippen molar-refractivity contribution < 1.29 is 13.6 Å². The van der Waals surface area contributed by atoms with Gasteiger partial charge in [0, 0.05) is 9.86 Å². The second kappa shape index (κ2) is 4.38. The third-order valence-corrected chi connectivity index (χ3v) is 3.41. The van der Waals surface area contributed by atoms with Gasteiger partial charge in [-0.1, -0.05) is 15.9 Å². The molecule has 3 nitrogen and oxygen atoms in total. The van der Waals surface area contributed by atoms with Gasteiger partial charge in [-0.25, -0.2) is 0 Å². The highest BCUT2D eigenvalue weighted by atomic mass is 79.9. The van der Waals surface area contributed by atoms with E-state index in [2.05, 4.69) is 15.9 Å². The van der Waals surface area contributed by atoms with E-state index in [-0.39, 0.29) is 5.78 Å². The Morgan fingerprint density at radius 2 is 1.84 bits per heavy atom. The Bertz CT molecular complexity index is 780. The van der Waals surface area contributed by atoms with Crippen molar-refractivity contribution in [3.8, 4) is 0 Å². The fourth-order valence-electron chi connectivity index (χ4n) is 2.07. The van der Waals surface area contributed by atoms with Gasteiger partial charge in [0.15, 0.2) is 11.5 Å². The number of fused-ring (bicyclic) bond motifs is 1. The quantitative estimate of drug-likeness (QED) is 0.647. The largest absolute Gasteiger partial charge is 0.458 e. The Labute approximate surface area is 118 Å². The fourth-order valence-corrected chi connectivity index (χ4v) is 2.66. The van der Waals surface area contributed by atoms with Crippen molar-refractivity contribution in [3.63, 3.8) is 0 Å². The summed E-state index contributed by atoms with van der Waals surface area (Å²) in [6.07, 6.45) is 0. The Balaban J connectivity index is 2.11. The first-order valence-electron chi connectivity index (χ1n) is 5.85. The van der Waals surface area contributed by atoms with Crippen LogP contribution in [0.4, 0.5) is 0 Å². The molecular weight excluding hydrogens is 308 g/mol. The molecule has 3 aromatic rings. The van der Waals surface area contributed by atoms with E-state index in [0.29, 0.717) is 17.3 Å². The molecule has 0 radical (unpaired) electrons. The maximum absolute atomic E-state index is 12.2. The SMILES string of the molecule is Cc1ccc(C(=O)c2cc3cc(Br)cc(C)c3o2)o1. The Morgan fingerprint density at radius 1 is 1.05 bits per heavy atom. The van der Waals surface area contributed by atoms with Crippen molar-refractivity contribution in [2.75, 3.05) is 0 Å². The zero-order valence-electron chi connectivity index (χ0n) is 10.5. The van der Waals surface area contributed by atoms with Gasteiger partial charge in [0.2, 0.25) is 0 Å². The highest BCUT2D eigenvalue weighted by Gasteiger charge is 2.18. The first kappa shape index (κ1) is 12.2. The molecule has 0 aliphatic rings. The smallest absolute Gasteiger partial charge is 0.263 e.